The van der Waals surface area contributed by atoms with E-state index in [2.05, 4.69) is 14.5 Å². The van der Waals surface area contributed by atoms with Crippen LogP contribution in [0.3, 0.4) is 0 Å². The van der Waals surface area contributed by atoms with Crippen molar-refractivity contribution in [2.45, 2.75) is 64.0 Å². The van der Waals surface area contributed by atoms with Crippen LogP contribution in [0, 0.1) is 0 Å². The molecule has 0 atom stereocenters. The highest BCUT2D eigenvalue weighted by molar-refractivity contribution is 7.86. The first-order valence-corrected chi connectivity index (χ1v) is 12.5. The van der Waals surface area contributed by atoms with Crippen molar-refractivity contribution in [3.8, 4) is 0 Å². The standard InChI is InChI=1S/C19H33N5O2S.CH2O2/c25-27(26,22-10-4-5-11-22)23-12-6-9-21(13-14-23)16-19-15-20-17-24(19)18-7-2-1-3-8-18;2-1-3/h15,17-18H,1-14,16H2;1H,(H,2,3). The molecule has 1 N–H and O–H groups in total. The van der Waals surface area contributed by atoms with Gasteiger partial charge in [0.05, 0.1) is 12.0 Å². The number of hydrogen-bond donors (Lipinski definition) is 1. The van der Waals surface area contributed by atoms with E-state index in [1.54, 1.807) is 8.61 Å². The molecule has 0 radical (unpaired) electrons. The van der Waals surface area contributed by atoms with Crippen molar-refractivity contribution in [1.82, 2.24) is 23.1 Å². The quantitative estimate of drug-likeness (QED) is 0.701. The number of aromatic nitrogens is 2. The topological polar surface area (TPSA) is 99.0 Å². The van der Waals surface area contributed by atoms with Crippen molar-refractivity contribution in [1.29, 1.82) is 0 Å². The Kier molecular flexibility index (Phi) is 8.67. The highest BCUT2D eigenvalue weighted by Gasteiger charge is 2.32. The normalized spacial score (nSPS) is 22.9. The van der Waals surface area contributed by atoms with Gasteiger partial charge in [-0.3, -0.25) is 9.69 Å². The van der Waals surface area contributed by atoms with Gasteiger partial charge in [0.2, 0.25) is 0 Å². The summed E-state index contributed by atoms with van der Waals surface area (Å²) in [7, 11) is -3.27. The van der Waals surface area contributed by atoms with Gasteiger partial charge >= 0.3 is 0 Å². The summed E-state index contributed by atoms with van der Waals surface area (Å²) in [5, 5.41) is 6.89. The number of hydrogen-bond acceptors (Lipinski definition) is 5. The average molecular weight is 442 g/mol. The van der Waals surface area contributed by atoms with E-state index in [0.717, 1.165) is 38.9 Å². The summed E-state index contributed by atoms with van der Waals surface area (Å²) in [5.41, 5.74) is 1.28. The molecule has 10 heteroatoms. The molecule has 0 amide bonds. The van der Waals surface area contributed by atoms with Crippen molar-refractivity contribution >= 4 is 16.7 Å². The van der Waals surface area contributed by atoms with Crippen LogP contribution in [0.1, 0.15) is 63.1 Å². The summed E-state index contributed by atoms with van der Waals surface area (Å²) in [5.74, 6) is 0. The van der Waals surface area contributed by atoms with Gasteiger partial charge in [0.1, 0.15) is 0 Å². The van der Waals surface area contributed by atoms with Crippen molar-refractivity contribution in [3.05, 3.63) is 18.2 Å². The molecule has 0 unspecified atom stereocenters. The van der Waals surface area contributed by atoms with Gasteiger partial charge in [-0.25, -0.2) is 4.98 Å². The van der Waals surface area contributed by atoms with Crippen LogP contribution < -0.4 is 0 Å². The predicted molar refractivity (Wildman–Crippen MR) is 114 cm³/mol. The maximum Gasteiger partial charge on any atom is 0.290 e. The second-order valence-corrected chi connectivity index (χ2v) is 10.3. The van der Waals surface area contributed by atoms with E-state index < -0.39 is 10.2 Å². The number of imidazole rings is 1. The summed E-state index contributed by atoms with van der Waals surface area (Å²) in [6.45, 7) is 4.96. The first kappa shape index (κ1) is 23.2. The third-order valence-corrected chi connectivity index (χ3v) is 8.40. The van der Waals surface area contributed by atoms with Crippen molar-refractivity contribution in [3.63, 3.8) is 0 Å². The Morgan fingerprint density at radius 1 is 0.933 bits per heavy atom. The molecule has 4 rings (SSSR count). The minimum atomic E-state index is -3.27. The number of nitrogens with zero attached hydrogens (tertiary/aromatic N) is 5. The highest BCUT2D eigenvalue weighted by atomic mass is 32.2. The van der Waals surface area contributed by atoms with Crippen LogP contribution >= 0.6 is 0 Å². The maximum atomic E-state index is 12.8. The second kappa shape index (κ2) is 11.2. The lowest BCUT2D eigenvalue weighted by Gasteiger charge is -2.27. The van der Waals surface area contributed by atoms with Gasteiger partial charge in [0.25, 0.3) is 16.7 Å². The molecule has 2 saturated heterocycles. The summed E-state index contributed by atoms with van der Waals surface area (Å²) >= 11 is 0. The molecule has 1 aromatic heterocycles. The monoisotopic (exact) mass is 441 g/mol. The molecule has 0 bridgehead atoms. The highest BCUT2D eigenvalue weighted by Crippen LogP contribution is 2.29. The Morgan fingerprint density at radius 2 is 1.57 bits per heavy atom. The molecule has 1 aliphatic carbocycles. The van der Waals surface area contributed by atoms with E-state index >= 15 is 0 Å². The molecule has 0 spiro atoms. The third kappa shape index (κ3) is 5.81. The fourth-order valence-electron chi connectivity index (χ4n) is 4.79. The lowest BCUT2D eigenvalue weighted by atomic mass is 9.95. The Morgan fingerprint density at radius 3 is 2.27 bits per heavy atom. The lowest BCUT2D eigenvalue weighted by molar-refractivity contribution is -0.122. The smallest absolute Gasteiger partial charge is 0.290 e. The van der Waals surface area contributed by atoms with E-state index in [0.29, 0.717) is 32.2 Å². The van der Waals surface area contributed by atoms with Crippen LogP contribution in [-0.2, 0) is 21.5 Å². The number of rotatable bonds is 5. The predicted octanol–water partition coefficient (Wildman–Crippen LogP) is 1.94. The van der Waals surface area contributed by atoms with Crippen LogP contribution in [-0.4, -0.2) is 82.3 Å². The minimum absolute atomic E-state index is 0.250. The Labute approximate surface area is 179 Å². The molecular weight excluding hydrogens is 406 g/mol. The SMILES string of the molecule is O=CO.O=S(=O)(N1CCCC1)N1CCCN(Cc2cncn2C2CCCCC2)CC1. The van der Waals surface area contributed by atoms with Crippen LogP contribution in [0.2, 0.25) is 0 Å². The number of carbonyl (C=O) groups is 1. The fourth-order valence-corrected chi connectivity index (χ4v) is 6.51. The van der Waals surface area contributed by atoms with Gasteiger partial charge in [-0.1, -0.05) is 19.3 Å². The van der Waals surface area contributed by atoms with Gasteiger partial charge in [-0.05, 0) is 38.6 Å². The van der Waals surface area contributed by atoms with Gasteiger partial charge in [-0.2, -0.15) is 17.0 Å². The fraction of sp³-hybridized carbons (Fsp3) is 0.800. The molecule has 170 valence electrons. The zero-order valence-corrected chi connectivity index (χ0v) is 18.5. The van der Waals surface area contributed by atoms with Crippen molar-refractivity contribution in [2.75, 3.05) is 39.3 Å². The summed E-state index contributed by atoms with van der Waals surface area (Å²) in [4.78, 5) is 15.2. The molecule has 0 aromatic carbocycles. The molecule has 1 aromatic rings. The first-order valence-electron chi connectivity index (χ1n) is 11.1. The molecule has 3 heterocycles. The molecule has 30 heavy (non-hydrogen) atoms. The van der Waals surface area contributed by atoms with Gasteiger partial charge < -0.3 is 9.67 Å². The molecule has 2 aliphatic heterocycles. The molecule has 9 nitrogen and oxygen atoms in total. The minimum Gasteiger partial charge on any atom is -0.483 e. The lowest BCUT2D eigenvalue weighted by Crippen LogP contribution is -2.44. The van der Waals surface area contributed by atoms with Gasteiger partial charge in [0.15, 0.2) is 0 Å². The van der Waals surface area contributed by atoms with Crippen LogP contribution in [0.15, 0.2) is 12.5 Å². The maximum absolute atomic E-state index is 12.8. The Hall–Kier alpha value is -1.49. The summed E-state index contributed by atoms with van der Waals surface area (Å²) in [6.07, 6.45) is 13.4. The van der Waals surface area contributed by atoms with Gasteiger partial charge in [0, 0.05) is 51.5 Å². The van der Waals surface area contributed by atoms with E-state index in [-0.39, 0.29) is 6.47 Å². The Bertz CT molecular complexity index is 757. The summed E-state index contributed by atoms with van der Waals surface area (Å²) < 4.78 is 31.4. The second-order valence-electron chi connectivity index (χ2n) is 8.33. The van der Waals surface area contributed by atoms with E-state index in [1.807, 2.05) is 12.5 Å². The first-order chi connectivity index (χ1) is 14.6. The third-order valence-electron chi connectivity index (χ3n) is 6.37. The molecule has 3 aliphatic rings. The molecule has 1 saturated carbocycles. The van der Waals surface area contributed by atoms with E-state index in [9.17, 15) is 8.42 Å². The van der Waals surface area contributed by atoms with Crippen LogP contribution in [0.25, 0.3) is 0 Å². The van der Waals surface area contributed by atoms with Gasteiger partial charge in [-0.15, -0.1) is 0 Å². The molecule has 3 fully saturated rings. The zero-order chi connectivity index (χ0) is 21.4. The molecular formula is C20H35N5O4S. The van der Waals surface area contributed by atoms with Crippen LogP contribution in [0.4, 0.5) is 0 Å². The van der Waals surface area contributed by atoms with E-state index in [4.69, 9.17) is 9.90 Å². The van der Waals surface area contributed by atoms with Crippen molar-refractivity contribution < 1.29 is 18.3 Å². The van der Waals surface area contributed by atoms with Crippen LogP contribution in [0.5, 0.6) is 0 Å². The Balaban J connectivity index is 0.000000806. The van der Waals surface area contributed by atoms with E-state index in [1.165, 1.54) is 37.8 Å². The van der Waals surface area contributed by atoms with Crippen molar-refractivity contribution in [2.24, 2.45) is 0 Å². The zero-order valence-electron chi connectivity index (χ0n) is 17.7. The summed E-state index contributed by atoms with van der Waals surface area (Å²) in [6, 6.07) is 0.593. The largest absolute Gasteiger partial charge is 0.483 e. The number of carboxylic acid groups (broad SMARTS) is 1. The average Bonchev–Trinajstić information content (AvgIpc) is 3.39.